The monoisotopic (exact) mass is 246 g/mol. The average Bonchev–Trinajstić information content (AvgIpc) is 2.35. The average molecular weight is 246 g/mol. The molecule has 0 heterocycles. The van der Waals surface area contributed by atoms with Crippen molar-refractivity contribution in [3.63, 3.8) is 0 Å². The zero-order valence-corrected chi connectivity index (χ0v) is 10.7. The molecule has 0 saturated heterocycles. The Balaban J connectivity index is 3.03. The highest BCUT2D eigenvalue weighted by atomic mass is 16.2. The molecule has 1 aromatic rings. The fourth-order valence-corrected chi connectivity index (χ4v) is 1.28. The van der Waals surface area contributed by atoms with Crippen molar-refractivity contribution in [2.75, 3.05) is 5.01 Å². The second kappa shape index (κ2) is 6.44. The van der Waals surface area contributed by atoms with Gasteiger partial charge in [-0.1, -0.05) is 31.7 Å². The predicted octanol–water partition coefficient (Wildman–Crippen LogP) is 2.42. The molecule has 96 valence electrons. The third-order valence-electron chi connectivity index (χ3n) is 2.31. The molecule has 0 bridgehead atoms. The summed E-state index contributed by atoms with van der Waals surface area (Å²) in [5.74, 6) is 0.321. The van der Waals surface area contributed by atoms with Crippen LogP contribution < -0.4 is 16.1 Å². The molecule has 5 nitrogen and oxygen atoms in total. The minimum atomic E-state index is -0.662. The van der Waals surface area contributed by atoms with Crippen LogP contribution in [-0.2, 0) is 0 Å². The number of hydrazone groups is 1. The van der Waals surface area contributed by atoms with Crippen LogP contribution in [0.15, 0.2) is 47.8 Å². The summed E-state index contributed by atoms with van der Waals surface area (Å²) in [7, 11) is 0. The number of primary amides is 1. The lowest BCUT2D eigenvalue weighted by Crippen LogP contribution is -2.35. The molecule has 0 fully saturated rings. The number of nitrogens with one attached hydrogen (secondary N) is 1. The lowest BCUT2D eigenvalue weighted by molar-refractivity contribution is 0.251. The van der Waals surface area contributed by atoms with Crippen LogP contribution in [-0.4, -0.2) is 11.7 Å². The molecule has 0 atom stereocenters. The Kier molecular flexibility index (Phi) is 4.92. The van der Waals surface area contributed by atoms with E-state index in [4.69, 9.17) is 5.73 Å². The molecule has 0 unspecified atom stereocenters. The van der Waals surface area contributed by atoms with Gasteiger partial charge in [-0.3, -0.25) is 5.32 Å². The fourth-order valence-electron chi connectivity index (χ4n) is 1.28. The van der Waals surface area contributed by atoms with Crippen molar-refractivity contribution >= 4 is 17.4 Å². The highest BCUT2D eigenvalue weighted by Crippen LogP contribution is 2.17. The molecule has 1 aromatic carbocycles. The van der Waals surface area contributed by atoms with Crippen molar-refractivity contribution in [3.05, 3.63) is 42.7 Å². The van der Waals surface area contributed by atoms with E-state index in [1.165, 1.54) is 0 Å². The van der Waals surface area contributed by atoms with Crippen LogP contribution in [0.3, 0.4) is 0 Å². The second-order valence-electron chi connectivity index (χ2n) is 3.77. The summed E-state index contributed by atoms with van der Waals surface area (Å²) in [5, 5.41) is 8.39. The second-order valence-corrected chi connectivity index (χ2v) is 3.77. The molecule has 5 heteroatoms. The van der Waals surface area contributed by atoms with Crippen molar-refractivity contribution in [2.24, 2.45) is 10.8 Å². The molecule has 0 aromatic heterocycles. The van der Waals surface area contributed by atoms with Gasteiger partial charge in [-0.2, -0.15) is 5.10 Å². The van der Waals surface area contributed by atoms with Crippen LogP contribution in [0, 0.1) is 0 Å². The van der Waals surface area contributed by atoms with E-state index in [0.29, 0.717) is 5.82 Å². The maximum Gasteiger partial charge on any atom is 0.317 e. The molecule has 0 aliphatic rings. The van der Waals surface area contributed by atoms with Crippen molar-refractivity contribution in [2.45, 2.75) is 20.3 Å². The first-order valence-electron chi connectivity index (χ1n) is 5.69. The fraction of sp³-hybridized carbons (Fsp3) is 0.231. The van der Waals surface area contributed by atoms with Gasteiger partial charge < -0.3 is 5.73 Å². The van der Waals surface area contributed by atoms with Crippen LogP contribution in [0.1, 0.15) is 20.3 Å². The third kappa shape index (κ3) is 3.93. The Morgan fingerprint density at radius 1 is 1.44 bits per heavy atom. The van der Waals surface area contributed by atoms with Gasteiger partial charge in [0.2, 0.25) is 0 Å². The van der Waals surface area contributed by atoms with E-state index in [1.807, 2.05) is 44.2 Å². The summed E-state index contributed by atoms with van der Waals surface area (Å²) >= 11 is 0. The molecule has 0 spiro atoms. The number of rotatable bonds is 5. The number of carbonyl (C=O) groups is 1. The summed E-state index contributed by atoms with van der Waals surface area (Å²) in [6.07, 6.45) is 0.813. The van der Waals surface area contributed by atoms with Gasteiger partial charge in [0.1, 0.15) is 5.82 Å². The van der Waals surface area contributed by atoms with Gasteiger partial charge in [-0.15, -0.1) is 0 Å². The van der Waals surface area contributed by atoms with Gasteiger partial charge in [0, 0.05) is 5.71 Å². The number of hydrogen-bond acceptors (Lipinski definition) is 3. The molecule has 0 radical (unpaired) electrons. The zero-order chi connectivity index (χ0) is 13.5. The largest absolute Gasteiger partial charge is 0.351 e. The minimum Gasteiger partial charge on any atom is -0.351 e. The Hall–Kier alpha value is -2.30. The smallest absolute Gasteiger partial charge is 0.317 e. The summed E-state index contributed by atoms with van der Waals surface area (Å²) in [6.45, 7) is 7.68. The van der Waals surface area contributed by atoms with Gasteiger partial charge in [0.05, 0.1) is 5.69 Å². The molecular weight excluding hydrogens is 228 g/mol. The summed E-state index contributed by atoms with van der Waals surface area (Å²) in [5.41, 5.74) is 6.82. The molecule has 0 saturated carbocycles. The Morgan fingerprint density at radius 2 is 2.06 bits per heavy atom. The van der Waals surface area contributed by atoms with Crippen molar-refractivity contribution in [1.29, 1.82) is 0 Å². The van der Waals surface area contributed by atoms with Crippen LogP contribution >= 0.6 is 0 Å². The summed E-state index contributed by atoms with van der Waals surface area (Å²) in [6, 6.07) is 8.77. The third-order valence-corrected chi connectivity index (χ3v) is 2.31. The minimum absolute atomic E-state index is 0.321. The van der Waals surface area contributed by atoms with E-state index in [9.17, 15) is 4.79 Å². The first-order valence-corrected chi connectivity index (χ1v) is 5.69. The topological polar surface area (TPSA) is 70.7 Å². The molecule has 1 rings (SSSR count). The van der Waals surface area contributed by atoms with Crippen LogP contribution in [0.2, 0.25) is 0 Å². The number of nitrogens with two attached hydrogens (primary N) is 1. The Morgan fingerprint density at radius 3 is 2.56 bits per heavy atom. The van der Waals surface area contributed by atoms with Gasteiger partial charge in [-0.25, -0.2) is 9.80 Å². The SMILES string of the molecule is C=C(NC(N)=O)N(/N=C(/C)CC)c1ccccc1. The lowest BCUT2D eigenvalue weighted by Gasteiger charge is -2.22. The number of anilines is 1. The van der Waals surface area contributed by atoms with E-state index >= 15 is 0 Å². The van der Waals surface area contributed by atoms with Gasteiger partial charge >= 0.3 is 6.03 Å². The van der Waals surface area contributed by atoms with E-state index in [1.54, 1.807) is 5.01 Å². The molecule has 0 aliphatic heterocycles. The zero-order valence-electron chi connectivity index (χ0n) is 10.7. The Labute approximate surface area is 107 Å². The molecule has 18 heavy (non-hydrogen) atoms. The number of para-hydroxylation sites is 1. The van der Waals surface area contributed by atoms with Crippen LogP contribution in [0.25, 0.3) is 0 Å². The quantitative estimate of drug-likeness (QED) is 0.618. The Bertz CT molecular complexity index is 453. The van der Waals surface area contributed by atoms with Crippen molar-refractivity contribution in [3.8, 4) is 0 Å². The van der Waals surface area contributed by atoms with Gasteiger partial charge in [-0.05, 0) is 25.5 Å². The summed E-state index contributed by atoms with van der Waals surface area (Å²) < 4.78 is 0. The molecule has 0 aliphatic carbocycles. The van der Waals surface area contributed by atoms with E-state index in [0.717, 1.165) is 17.8 Å². The van der Waals surface area contributed by atoms with Crippen LogP contribution in [0.4, 0.5) is 10.5 Å². The number of carbonyl (C=O) groups excluding carboxylic acids is 1. The highest BCUT2D eigenvalue weighted by molar-refractivity contribution is 5.83. The summed E-state index contributed by atoms with van der Waals surface area (Å²) in [4.78, 5) is 10.9. The van der Waals surface area contributed by atoms with Crippen molar-refractivity contribution in [1.82, 2.24) is 5.32 Å². The standard InChI is InChI=1S/C13H18N4O/c1-4-10(2)16-17(11(3)15-13(14)18)12-8-6-5-7-9-12/h5-9H,3-4H2,1-2H3,(H3,14,15,18)/b16-10-. The number of urea groups is 1. The van der Waals surface area contributed by atoms with Gasteiger partial charge in [0.15, 0.2) is 0 Å². The molecule has 3 N–H and O–H groups in total. The van der Waals surface area contributed by atoms with Crippen LogP contribution in [0.5, 0.6) is 0 Å². The van der Waals surface area contributed by atoms with E-state index in [-0.39, 0.29) is 0 Å². The van der Waals surface area contributed by atoms with E-state index < -0.39 is 6.03 Å². The molecular formula is C13H18N4O. The highest BCUT2D eigenvalue weighted by Gasteiger charge is 2.10. The number of benzene rings is 1. The predicted molar refractivity (Wildman–Crippen MR) is 74.2 cm³/mol. The van der Waals surface area contributed by atoms with E-state index in [2.05, 4.69) is 17.0 Å². The first kappa shape index (κ1) is 13.8. The normalized spacial score (nSPS) is 10.9. The maximum absolute atomic E-state index is 10.9. The van der Waals surface area contributed by atoms with Crippen molar-refractivity contribution < 1.29 is 4.79 Å². The number of amides is 2. The number of hydrogen-bond donors (Lipinski definition) is 2. The number of nitrogens with zero attached hydrogens (tertiary/aromatic N) is 2. The lowest BCUT2D eigenvalue weighted by atomic mass is 10.3. The van der Waals surface area contributed by atoms with Gasteiger partial charge in [0.25, 0.3) is 0 Å². The first-order chi connectivity index (χ1) is 8.54. The molecule has 2 amide bonds. The maximum atomic E-state index is 10.9.